The van der Waals surface area contributed by atoms with Gasteiger partial charge in [-0.25, -0.2) is 9.59 Å². The van der Waals surface area contributed by atoms with Gasteiger partial charge in [-0.05, 0) is 12.0 Å². The van der Waals surface area contributed by atoms with Gasteiger partial charge in [-0.1, -0.05) is 30.3 Å². The molecular weight excluding hydrogens is 296 g/mol. The summed E-state index contributed by atoms with van der Waals surface area (Å²) in [6.07, 6.45) is 0.807. The predicted octanol–water partition coefficient (Wildman–Crippen LogP) is 0.570. The van der Waals surface area contributed by atoms with Crippen LogP contribution in [0.15, 0.2) is 30.3 Å². The van der Waals surface area contributed by atoms with Crippen LogP contribution >= 0.6 is 0 Å². The van der Waals surface area contributed by atoms with Crippen LogP contribution in [0.5, 0.6) is 0 Å². The van der Waals surface area contributed by atoms with E-state index in [9.17, 15) is 14.4 Å². The van der Waals surface area contributed by atoms with Crippen molar-refractivity contribution in [2.45, 2.75) is 24.4 Å². The lowest BCUT2D eigenvalue weighted by Crippen LogP contribution is -2.55. The molecule has 120 valence electrons. The minimum atomic E-state index is -0.583. The van der Waals surface area contributed by atoms with Gasteiger partial charge in [-0.3, -0.25) is 9.69 Å². The first kappa shape index (κ1) is 14.0. The monoisotopic (exact) mass is 314 g/mol. The number of benzene rings is 1. The third kappa shape index (κ3) is 2.15. The van der Waals surface area contributed by atoms with Crippen molar-refractivity contribution in [1.29, 1.82) is 0 Å². The Bertz CT molecular complexity index is 677. The molecule has 2 saturated heterocycles. The summed E-state index contributed by atoms with van der Waals surface area (Å²) in [6, 6.07) is 8.51. The van der Waals surface area contributed by atoms with Crippen LogP contribution < -0.4 is 5.73 Å². The van der Waals surface area contributed by atoms with Gasteiger partial charge < -0.3 is 15.5 Å². The summed E-state index contributed by atoms with van der Waals surface area (Å²) in [5.74, 6) is 0.0158. The summed E-state index contributed by atoms with van der Waals surface area (Å²) < 4.78 is 0. The molecule has 0 aromatic heterocycles. The Kier molecular flexibility index (Phi) is 3.04. The number of carbonyl (C=O) groups is 3. The second-order valence-corrected chi connectivity index (χ2v) is 6.30. The number of amides is 5. The molecule has 0 spiro atoms. The number of nitrogens with two attached hydrogens (primary N) is 1. The van der Waals surface area contributed by atoms with Gasteiger partial charge in [0.2, 0.25) is 0 Å². The number of imide groups is 1. The van der Waals surface area contributed by atoms with E-state index in [1.807, 2.05) is 30.3 Å². The highest BCUT2D eigenvalue weighted by molar-refractivity contribution is 6.05. The number of hydrogen-bond acceptors (Lipinski definition) is 3. The van der Waals surface area contributed by atoms with Crippen molar-refractivity contribution >= 4 is 18.0 Å². The molecule has 5 amide bonds. The average Bonchev–Trinajstić information content (AvgIpc) is 3.30. The predicted molar refractivity (Wildman–Crippen MR) is 81.5 cm³/mol. The van der Waals surface area contributed by atoms with Crippen LogP contribution in [-0.2, 0) is 4.79 Å². The van der Waals surface area contributed by atoms with Crippen molar-refractivity contribution in [3.05, 3.63) is 35.9 Å². The Balaban J connectivity index is 1.52. The molecule has 2 N–H and O–H groups in total. The fourth-order valence-corrected chi connectivity index (χ4v) is 3.65. The summed E-state index contributed by atoms with van der Waals surface area (Å²) in [7, 11) is 0. The van der Waals surface area contributed by atoms with E-state index in [-0.39, 0.29) is 30.4 Å². The molecule has 3 aliphatic rings. The normalized spacial score (nSPS) is 29.7. The van der Waals surface area contributed by atoms with Crippen molar-refractivity contribution < 1.29 is 14.4 Å². The lowest BCUT2D eigenvalue weighted by molar-refractivity contribution is -0.129. The first-order valence-electron chi connectivity index (χ1n) is 7.81. The summed E-state index contributed by atoms with van der Waals surface area (Å²) in [4.78, 5) is 41.0. The van der Waals surface area contributed by atoms with E-state index in [4.69, 9.17) is 5.73 Å². The fraction of sp³-hybridized carbons (Fsp3) is 0.438. The highest BCUT2D eigenvalue weighted by Crippen LogP contribution is 2.46. The summed E-state index contributed by atoms with van der Waals surface area (Å²) in [6.45, 7) is 0.933. The molecule has 0 radical (unpaired) electrons. The maximum absolute atomic E-state index is 12.7. The number of primary amides is 1. The number of piperazine rings is 1. The lowest BCUT2D eigenvalue weighted by atomic mass is 10.1. The van der Waals surface area contributed by atoms with Crippen LogP contribution in [0.1, 0.15) is 17.9 Å². The molecule has 4 rings (SSSR count). The van der Waals surface area contributed by atoms with Gasteiger partial charge in [0.1, 0.15) is 6.04 Å². The van der Waals surface area contributed by atoms with E-state index in [0.717, 1.165) is 12.0 Å². The molecule has 7 nitrogen and oxygen atoms in total. The van der Waals surface area contributed by atoms with E-state index in [2.05, 4.69) is 0 Å². The molecule has 1 aliphatic carbocycles. The van der Waals surface area contributed by atoms with Crippen LogP contribution in [0.3, 0.4) is 0 Å². The van der Waals surface area contributed by atoms with Gasteiger partial charge in [0.25, 0.3) is 5.91 Å². The highest BCUT2D eigenvalue weighted by Gasteiger charge is 2.56. The SMILES string of the molecule is NC(=O)N1CCN2C(=O)N(C3CC3c3ccccc3)C(=O)C2C1. The minimum absolute atomic E-state index is 0.0648. The Morgan fingerprint density at radius 3 is 2.57 bits per heavy atom. The summed E-state index contributed by atoms with van der Waals surface area (Å²) in [5.41, 5.74) is 6.45. The third-order valence-electron chi connectivity index (χ3n) is 4.98. The van der Waals surface area contributed by atoms with Crippen molar-refractivity contribution in [2.75, 3.05) is 19.6 Å². The second-order valence-electron chi connectivity index (χ2n) is 6.30. The topological polar surface area (TPSA) is 87.0 Å². The second kappa shape index (κ2) is 4.97. The molecule has 3 atom stereocenters. The molecule has 2 heterocycles. The summed E-state index contributed by atoms with van der Waals surface area (Å²) in [5, 5.41) is 0. The molecule has 7 heteroatoms. The Morgan fingerprint density at radius 1 is 1.13 bits per heavy atom. The number of fused-ring (bicyclic) bond motifs is 1. The third-order valence-corrected chi connectivity index (χ3v) is 4.98. The maximum atomic E-state index is 12.7. The van der Waals surface area contributed by atoms with E-state index in [0.29, 0.717) is 13.1 Å². The van der Waals surface area contributed by atoms with Gasteiger partial charge >= 0.3 is 12.1 Å². The van der Waals surface area contributed by atoms with Gasteiger partial charge in [0.05, 0.1) is 6.54 Å². The zero-order chi connectivity index (χ0) is 16.1. The van der Waals surface area contributed by atoms with Gasteiger partial charge in [-0.15, -0.1) is 0 Å². The molecule has 1 saturated carbocycles. The Morgan fingerprint density at radius 2 is 1.87 bits per heavy atom. The fourth-order valence-electron chi connectivity index (χ4n) is 3.65. The van der Waals surface area contributed by atoms with Crippen LogP contribution in [0.2, 0.25) is 0 Å². The maximum Gasteiger partial charge on any atom is 0.327 e. The van der Waals surface area contributed by atoms with Crippen molar-refractivity contribution in [3.8, 4) is 0 Å². The van der Waals surface area contributed by atoms with Crippen molar-refractivity contribution in [3.63, 3.8) is 0 Å². The molecule has 1 aromatic rings. The highest BCUT2D eigenvalue weighted by atomic mass is 16.2. The average molecular weight is 314 g/mol. The van der Waals surface area contributed by atoms with E-state index >= 15 is 0 Å². The molecule has 2 aliphatic heterocycles. The van der Waals surface area contributed by atoms with E-state index < -0.39 is 12.1 Å². The Labute approximate surface area is 133 Å². The molecule has 3 fully saturated rings. The zero-order valence-electron chi connectivity index (χ0n) is 12.6. The molecule has 1 aromatic carbocycles. The van der Waals surface area contributed by atoms with Crippen LogP contribution in [0.25, 0.3) is 0 Å². The van der Waals surface area contributed by atoms with Gasteiger partial charge in [0, 0.05) is 25.0 Å². The zero-order valence-corrected chi connectivity index (χ0v) is 12.6. The van der Waals surface area contributed by atoms with Crippen LogP contribution in [0, 0.1) is 0 Å². The largest absolute Gasteiger partial charge is 0.351 e. The van der Waals surface area contributed by atoms with Crippen LogP contribution in [-0.4, -0.2) is 64.4 Å². The summed E-state index contributed by atoms with van der Waals surface area (Å²) >= 11 is 0. The Hall–Kier alpha value is -2.57. The first-order valence-corrected chi connectivity index (χ1v) is 7.81. The number of carbonyl (C=O) groups excluding carboxylic acids is 3. The molecule has 23 heavy (non-hydrogen) atoms. The van der Waals surface area contributed by atoms with Crippen LogP contribution in [0.4, 0.5) is 9.59 Å². The van der Waals surface area contributed by atoms with Crippen molar-refractivity contribution in [1.82, 2.24) is 14.7 Å². The number of rotatable bonds is 2. The van der Waals surface area contributed by atoms with E-state index in [1.54, 1.807) is 4.90 Å². The van der Waals surface area contributed by atoms with Gasteiger partial charge in [-0.2, -0.15) is 0 Å². The van der Waals surface area contributed by atoms with Crippen molar-refractivity contribution in [2.24, 2.45) is 5.73 Å². The molecule has 0 bridgehead atoms. The van der Waals surface area contributed by atoms with Gasteiger partial charge in [0.15, 0.2) is 0 Å². The molecular formula is C16H18N4O3. The van der Waals surface area contributed by atoms with E-state index in [1.165, 1.54) is 9.80 Å². The minimum Gasteiger partial charge on any atom is -0.351 e. The smallest absolute Gasteiger partial charge is 0.327 e. The number of nitrogens with zero attached hydrogens (tertiary/aromatic N) is 3. The molecule has 3 unspecified atom stereocenters. The lowest BCUT2D eigenvalue weighted by Gasteiger charge is -2.34. The number of hydrogen-bond donors (Lipinski definition) is 1. The number of urea groups is 2. The first-order chi connectivity index (χ1) is 11.1. The standard InChI is InChI=1S/C16H18N4O3/c17-15(22)18-6-7-19-13(9-18)14(21)20(16(19)23)12-8-11(12)10-4-2-1-3-5-10/h1-5,11-13H,6-9H2,(H2,17,22). The quantitative estimate of drug-likeness (QED) is 0.810.